The summed E-state index contributed by atoms with van der Waals surface area (Å²) in [5, 5.41) is 0. The second-order valence-corrected chi connectivity index (χ2v) is 1.95. The predicted octanol–water partition coefficient (Wildman–Crippen LogP) is 1.86. The van der Waals surface area contributed by atoms with Crippen molar-refractivity contribution in [3.8, 4) is 0 Å². The number of esters is 1. The number of allylic oxidation sites excluding steroid dienone is 1. The van der Waals surface area contributed by atoms with Gasteiger partial charge in [0.25, 0.3) is 0 Å². The van der Waals surface area contributed by atoms with E-state index in [0.29, 0.717) is 0 Å². The predicted molar refractivity (Wildman–Crippen MR) is 40.7 cm³/mol. The molecule has 0 heterocycles. The molecule has 2 nitrogen and oxygen atoms in total. The van der Waals surface area contributed by atoms with Crippen molar-refractivity contribution in [2.75, 3.05) is 0 Å². The third-order valence-corrected chi connectivity index (χ3v) is 0.974. The van der Waals surface area contributed by atoms with E-state index < -0.39 is 11.5 Å². The number of alkyl halides is 1. The van der Waals surface area contributed by atoms with Gasteiger partial charge in [0.15, 0.2) is 5.56 Å². The molecule has 56 valence electrons. The zero-order valence-corrected chi connectivity index (χ0v) is 6.47. The van der Waals surface area contributed by atoms with Crippen LogP contribution in [0.2, 0.25) is 0 Å². The highest BCUT2D eigenvalue weighted by Crippen LogP contribution is 2.00. The van der Waals surface area contributed by atoms with Crippen LogP contribution in [0, 0.1) is 0 Å². The van der Waals surface area contributed by atoms with Crippen molar-refractivity contribution < 1.29 is 9.53 Å². The number of ether oxygens (including phenoxy) is 1. The molecule has 0 aromatic heterocycles. The Morgan fingerprint density at radius 2 is 2.40 bits per heavy atom. The van der Waals surface area contributed by atoms with Crippen molar-refractivity contribution >= 4 is 17.6 Å². The minimum absolute atomic E-state index is 0.516. The molecule has 0 aromatic carbocycles. The van der Waals surface area contributed by atoms with Crippen LogP contribution in [0.25, 0.3) is 0 Å². The first-order valence-corrected chi connectivity index (χ1v) is 3.24. The summed E-state index contributed by atoms with van der Waals surface area (Å²) >= 11 is 5.48. The maximum atomic E-state index is 10.4. The quantitative estimate of drug-likeness (QED) is 0.273. The summed E-state index contributed by atoms with van der Waals surface area (Å²) in [4.78, 5) is 10.4. The summed E-state index contributed by atoms with van der Waals surface area (Å²) in [7, 11) is 0. The fourth-order valence-corrected chi connectivity index (χ4v) is 0.583. The van der Waals surface area contributed by atoms with Gasteiger partial charge in [-0.25, -0.2) is 4.79 Å². The fraction of sp³-hybridized carbons (Fsp3) is 0.286. The Labute approximate surface area is 65.1 Å². The van der Waals surface area contributed by atoms with Crippen LogP contribution < -0.4 is 0 Å². The molecule has 0 N–H and O–H groups in total. The van der Waals surface area contributed by atoms with Crippen molar-refractivity contribution in [1.82, 2.24) is 0 Å². The van der Waals surface area contributed by atoms with Crippen molar-refractivity contribution in [2.45, 2.75) is 12.5 Å². The van der Waals surface area contributed by atoms with E-state index >= 15 is 0 Å². The van der Waals surface area contributed by atoms with E-state index in [2.05, 4.69) is 11.3 Å². The number of carbonyl (C=O) groups is 1. The second-order valence-electron chi connectivity index (χ2n) is 1.52. The van der Waals surface area contributed by atoms with Crippen molar-refractivity contribution in [3.05, 3.63) is 24.8 Å². The van der Waals surface area contributed by atoms with Crippen LogP contribution >= 0.6 is 11.6 Å². The van der Waals surface area contributed by atoms with Crippen molar-refractivity contribution in [2.24, 2.45) is 0 Å². The summed E-state index contributed by atoms with van der Waals surface area (Å²) < 4.78 is 4.56. The lowest BCUT2D eigenvalue weighted by molar-refractivity contribution is -0.137. The van der Waals surface area contributed by atoms with Gasteiger partial charge >= 0.3 is 5.97 Å². The van der Waals surface area contributed by atoms with Crippen LogP contribution in [-0.4, -0.2) is 11.5 Å². The molecular weight excluding hydrogens is 152 g/mol. The average Bonchev–Trinajstić information content (AvgIpc) is 1.88. The smallest absolute Gasteiger partial charge is 0.331 e. The molecule has 0 aromatic rings. The molecule has 0 radical (unpaired) electrons. The molecule has 0 aliphatic carbocycles. The number of hydrogen-bond acceptors (Lipinski definition) is 2. The summed E-state index contributed by atoms with van der Waals surface area (Å²) in [6, 6.07) is 0. The normalized spacial score (nSPS) is 13.0. The first-order valence-electron chi connectivity index (χ1n) is 2.80. The van der Waals surface area contributed by atoms with Crippen LogP contribution in [0.3, 0.4) is 0 Å². The van der Waals surface area contributed by atoms with Gasteiger partial charge in [-0.2, -0.15) is 0 Å². The van der Waals surface area contributed by atoms with Gasteiger partial charge in [0.05, 0.1) is 0 Å². The van der Waals surface area contributed by atoms with Gasteiger partial charge in [-0.05, 0) is 13.0 Å². The molecule has 0 rings (SSSR count). The Morgan fingerprint density at radius 3 is 2.80 bits per heavy atom. The van der Waals surface area contributed by atoms with Gasteiger partial charge < -0.3 is 4.74 Å². The minimum atomic E-state index is -0.685. The number of halogens is 1. The van der Waals surface area contributed by atoms with Gasteiger partial charge in [-0.15, -0.1) is 0 Å². The first kappa shape index (κ1) is 9.24. The summed E-state index contributed by atoms with van der Waals surface area (Å²) in [6.07, 6.45) is 4.33. The van der Waals surface area contributed by atoms with Crippen LogP contribution in [0.1, 0.15) is 6.92 Å². The summed E-state index contributed by atoms with van der Waals surface area (Å²) in [5.41, 5.74) is -0.685. The molecule has 10 heavy (non-hydrogen) atoms. The third kappa shape index (κ3) is 4.15. The van der Waals surface area contributed by atoms with Crippen molar-refractivity contribution in [3.63, 3.8) is 0 Å². The number of rotatable bonds is 3. The SMILES string of the molecule is C=CC(=O)OC(Cl)C=CC. The van der Waals surface area contributed by atoms with Gasteiger partial charge in [-0.3, -0.25) is 0 Å². The standard InChI is InChI=1S/C7H9ClO2/c1-3-5-6(8)10-7(9)4-2/h3-6H,2H2,1H3. The maximum Gasteiger partial charge on any atom is 0.331 e. The molecule has 1 unspecified atom stereocenters. The zero-order valence-electron chi connectivity index (χ0n) is 5.71. The zero-order chi connectivity index (χ0) is 7.98. The Balaban J connectivity index is 3.67. The number of carbonyl (C=O) groups excluding carboxylic acids is 1. The lowest BCUT2D eigenvalue weighted by atomic mass is 10.5. The highest BCUT2D eigenvalue weighted by molar-refractivity contribution is 6.21. The van der Waals surface area contributed by atoms with Crippen LogP contribution in [0.4, 0.5) is 0 Å². The Hall–Kier alpha value is -0.760. The monoisotopic (exact) mass is 160 g/mol. The maximum absolute atomic E-state index is 10.4. The lowest BCUT2D eigenvalue weighted by Crippen LogP contribution is -2.06. The van der Waals surface area contributed by atoms with Crippen molar-refractivity contribution in [1.29, 1.82) is 0 Å². The summed E-state index contributed by atoms with van der Waals surface area (Å²) in [6.45, 7) is 5.01. The molecule has 3 heteroatoms. The molecule has 0 spiro atoms. The van der Waals surface area contributed by atoms with Gasteiger partial charge in [0.1, 0.15) is 0 Å². The fourth-order valence-electron chi connectivity index (χ4n) is 0.350. The molecule has 0 saturated carbocycles. The van der Waals surface area contributed by atoms with E-state index in [1.165, 1.54) is 0 Å². The van der Waals surface area contributed by atoms with Gasteiger partial charge in [0.2, 0.25) is 0 Å². The Morgan fingerprint density at radius 1 is 1.80 bits per heavy atom. The van der Waals surface area contributed by atoms with E-state index in [9.17, 15) is 4.79 Å². The van der Waals surface area contributed by atoms with E-state index in [-0.39, 0.29) is 0 Å². The number of hydrogen-bond donors (Lipinski definition) is 0. The molecule has 0 aliphatic heterocycles. The Kier molecular flexibility index (Phi) is 4.67. The highest BCUT2D eigenvalue weighted by atomic mass is 35.5. The molecule has 0 aliphatic rings. The average molecular weight is 161 g/mol. The minimum Gasteiger partial charge on any atom is -0.439 e. The Bertz CT molecular complexity index is 152. The highest BCUT2D eigenvalue weighted by Gasteiger charge is 2.01. The molecule has 0 bridgehead atoms. The topological polar surface area (TPSA) is 26.3 Å². The van der Waals surface area contributed by atoms with E-state index in [4.69, 9.17) is 11.6 Å². The van der Waals surface area contributed by atoms with Gasteiger partial charge in [-0.1, -0.05) is 24.3 Å². The first-order chi connectivity index (χ1) is 4.70. The van der Waals surface area contributed by atoms with Crippen LogP contribution in [-0.2, 0) is 9.53 Å². The molecular formula is C7H9ClO2. The largest absolute Gasteiger partial charge is 0.439 e. The van der Waals surface area contributed by atoms with Gasteiger partial charge in [0, 0.05) is 6.08 Å². The lowest BCUT2D eigenvalue weighted by Gasteiger charge is -2.02. The van der Waals surface area contributed by atoms with Crippen LogP contribution in [0.15, 0.2) is 24.8 Å². The second kappa shape index (κ2) is 5.06. The van der Waals surface area contributed by atoms with E-state index in [0.717, 1.165) is 6.08 Å². The molecule has 1 atom stereocenters. The van der Waals surface area contributed by atoms with E-state index in [1.54, 1.807) is 19.1 Å². The van der Waals surface area contributed by atoms with Crippen LogP contribution in [0.5, 0.6) is 0 Å². The van der Waals surface area contributed by atoms with E-state index in [1.807, 2.05) is 0 Å². The third-order valence-electron chi connectivity index (χ3n) is 0.739. The molecule has 0 fully saturated rings. The summed E-state index contributed by atoms with van der Waals surface area (Å²) in [5.74, 6) is -0.516. The molecule has 0 saturated heterocycles. The molecule has 0 amide bonds.